The van der Waals surface area contributed by atoms with Crippen molar-refractivity contribution in [1.82, 2.24) is 16.0 Å². The molecule has 1 rings (SSSR count). The van der Waals surface area contributed by atoms with E-state index in [4.69, 9.17) is 22.9 Å². The standard InChI is InChI=1S/C23H38N8O5/c1-14(32)18(19(25)33)31-22(36)16(10-5-6-12-24)30-21(35)17(11-7-13-28-23(26)27)29-20(34)15-8-3-2-4-9-15/h2-4,8-9,14,16-18,32H,5-7,10-13,24H2,1H3,(H2,25,33)(H,29,34)(H,30,35)(H,31,36)(H4,26,27,28)/t14-,16+,17+,18+/m1/s1. The second kappa shape index (κ2) is 16.1. The zero-order valence-electron chi connectivity index (χ0n) is 20.5. The molecule has 36 heavy (non-hydrogen) atoms. The number of rotatable bonds is 16. The molecule has 4 amide bonds. The van der Waals surface area contributed by atoms with Crippen molar-refractivity contribution in [3.63, 3.8) is 0 Å². The predicted molar refractivity (Wildman–Crippen MR) is 135 cm³/mol. The van der Waals surface area contributed by atoms with Gasteiger partial charge in [0.15, 0.2) is 5.96 Å². The summed E-state index contributed by atoms with van der Waals surface area (Å²) in [7, 11) is 0. The van der Waals surface area contributed by atoms with Crippen LogP contribution in [0, 0.1) is 0 Å². The maximum absolute atomic E-state index is 13.2. The van der Waals surface area contributed by atoms with Crippen LogP contribution in [-0.2, 0) is 14.4 Å². The Kier molecular flexibility index (Phi) is 13.5. The monoisotopic (exact) mass is 506 g/mol. The number of benzene rings is 1. The number of aliphatic imine (C=N–C) groups is 1. The highest BCUT2D eigenvalue weighted by atomic mass is 16.3. The lowest BCUT2D eigenvalue weighted by atomic mass is 10.0. The van der Waals surface area contributed by atoms with E-state index in [2.05, 4.69) is 20.9 Å². The Morgan fingerprint density at radius 1 is 0.889 bits per heavy atom. The molecule has 0 saturated carbocycles. The van der Waals surface area contributed by atoms with Gasteiger partial charge >= 0.3 is 0 Å². The van der Waals surface area contributed by atoms with E-state index >= 15 is 0 Å². The SMILES string of the molecule is C[C@@H](O)[C@H](NC(=O)[C@H](CCCCN)NC(=O)[C@H](CCCN=C(N)N)NC(=O)c1ccccc1)C(N)=O. The highest BCUT2D eigenvalue weighted by Crippen LogP contribution is 2.07. The summed E-state index contributed by atoms with van der Waals surface area (Å²) in [5, 5.41) is 17.5. The Morgan fingerprint density at radius 3 is 2.03 bits per heavy atom. The predicted octanol–water partition coefficient (Wildman–Crippen LogP) is -2.20. The molecule has 0 radical (unpaired) electrons. The van der Waals surface area contributed by atoms with Gasteiger partial charge in [-0.25, -0.2) is 0 Å². The van der Waals surface area contributed by atoms with Gasteiger partial charge in [0.05, 0.1) is 6.10 Å². The van der Waals surface area contributed by atoms with Gasteiger partial charge in [0.1, 0.15) is 18.1 Å². The van der Waals surface area contributed by atoms with Gasteiger partial charge in [-0.2, -0.15) is 0 Å². The van der Waals surface area contributed by atoms with Crippen LogP contribution in [0.25, 0.3) is 0 Å². The van der Waals surface area contributed by atoms with Crippen molar-refractivity contribution in [3.8, 4) is 0 Å². The first-order chi connectivity index (χ1) is 17.1. The number of carbonyl (C=O) groups is 4. The summed E-state index contributed by atoms with van der Waals surface area (Å²) in [5.74, 6) is -2.78. The van der Waals surface area contributed by atoms with Crippen LogP contribution in [0.2, 0.25) is 0 Å². The van der Waals surface area contributed by atoms with Gasteiger partial charge < -0.3 is 44.0 Å². The molecule has 0 spiro atoms. The molecule has 1 aromatic carbocycles. The Hall–Kier alpha value is -3.71. The Labute approximate surface area is 210 Å². The molecule has 13 heteroatoms. The third kappa shape index (κ3) is 11.1. The Morgan fingerprint density at radius 2 is 1.47 bits per heavy atom. The number of amides is 4. The number of primary amides is 1. The van der Waals surface area contributed by atoms with Crippen LogP contribution in [0.5, 0.6) is 0 Å². The van der Waals surface area contributed by atoms with E-state index in [-0.39, 0.29) is 25.3 Å². The minimum Gasteiger partial charge on any atom is -0.391 e. The molecule has 200 valence electrons. The van der Waals surface area contributed by atoms with Crippen molar-refractivity contribution in [3.05, 3.63) is 35.9 Å². The van der Waals surface area contributed by atoms with Gasteiger partial charge in [0.2, 0.25) is 17.7 Å². The Bertz CT molecular complexity index is 890. The summed E-state index contributed by atoms with van der Waals surface area (Å²) in [6, 6.07) is 4.96. The smallest absolute Gasteiger partial charge is 0.251 e. The second-order valence-corrected chi connectivity index (χ2v) is 8.32. The van der Waals surface area contributed by atoms with E-state index in [1.54, 1.807) is 30.3 Å². The summed E-state index contributed by atoms with van der Waals surface area (Å²) in [6.45, 7) is 1.94. The summed E-state index contributed by atoms with van der Waals surface area (Å²) >= 11 is 0. The topological polar surface area (TPSA) is 241 Å². The molecule has 0 saturated heterocycles. The molecule has 0 heterocycles. The van der Waals surface area contributed by atoms with Crippen LogP contribution in [-0.4, -0.2) is 72.0 Å². The maximum Gasteiger partial charge on any atom is 0.251 e. The molecule has 1 aromatic rings. The van der Waals surface area contributed by atoms with Crippen LogP contribution in [0.15, 0.2) is 35.3 Å². The van der Waals surface area contributed by atoms with Crippen molar-refractivity contribution in [1.29, 1.82) is 0 Å². The molecule has 0 bridgehead atoms. The van der Waals surface area contributed by atoms with Crippen LogP contribution in [0.3, 0.4) is 0 Å². The number of nitrogens with one attached hydrogen (secondary N) is 3. The fourth-order valence-corrected chi connectivity index (χ4v) is 3.32. The molecule has 0 aliphatic carbocycles. The van der Waals surface area contributed by atoms with E-state index in [0.717, 1.165) is 0 Å². The number of unbranched alkanes of at least 4 members (excludes halogenated alkanes) is 1. The lowest BCUT2D eigenvalue weighted by molar-refractivity contribution is -0.133. The fourth-order valence-electron chi connectivity index (χ4n) is 3.32. The first kappa shape index (κ1) is 30.3. The number of aliphatic hydroxyl groups excluding tert-OH is 1. The molecule has 4 atom stereocenters. The van der Waals surface area contributed by atoms with Gasteiger partial charge in [0, 0.05) is 12.1 Å². The molecule has 0 aliphatic rings. The number of nitrogens with two attached hydrogens (primary N) is 4. The third-order valence-corrected chi connectivity index (χ3v) is 5.27. The van der Waals surface area contributed by atoms with Crippen LogP contribution >= 0.6 is 0 Å². The van der Waals surface area contributed by atoms with Crippen molar-refractivity contribution in [2.45, 2.75) is 63.3 Å². The van der Waals surface area contributed by atoms with Gasteiger partial charge in [-0.3, -0.25) is 24.2 Å². The first-order valence-electron chi connectivity index (χ1n) is 11.8. The van der Waals surface area contributed by atoms with E-state index in [1.165, 1.54) is 6.92 Å². The van der Waals surface area contributed by atoms with E-state index < -0.39 is 47.9 Å². The minimum absolute atomic E-state index is 0.0944. The Balaban J connectivity index is 3.03. The molecule has 0 aromatic heterocycles. The average Bonchev–Trinajstić information content (AvgIpc) is 2.83. The average molecular weight is 507 g/mol. The van der Waals surface area contributed by atoms with Crippen molar-refractivity contribution in [2.24, 2.45) is 27.9 Å². The quantitative estimate of drug-likeness (QED) is 0.0693. The van der Waals surface area contributed by atoms with Crippen molar-refractivity contribution < 1.29 is 24.3 Å². The zero-order chi connectivity index (χ0) is 27.1. The molecule has 0 aliphatic heterocycles. The second-order valence-electron chi connectivity index (χ2n) is 8.32. The lowest BCUT2D eigenvalue weighted by Crippen LogP contribution is -2.58. The molecule has 13 nitrogen and oxygen atoms in total. The number of guanidine groups is 1. The van der Waals surface area contributed by atoms with Crippen LogP contribution in [0.1, 0.15) is 49.4 Å². The number of carbonyl (C=O) groups excluding carboxylic acids is 4. The summed E-state index contributed by atoms with van der Waals surface area (Å²) in [6.07, 6.45) is 0.656. The summed E-state index contributed by atoms with van der Waals surface area (Å²) < 4.78 is 0. The van der Waals surface area contributed by atoms with Crippen LogP contribution < -0.4 is 38.9 Å². The van der Waals surface area contributed by atoms with E-state index in [0.29, 0.717) is 31.4 Å². The van der Waals surface area contributed by atoms with E-state index in [1.807, 2.05) is 0 Å². The van der Waals surface area contributed by atoms with Gasteiger partial charge in [-0.05, 0) is 57.7 Å². The van der Waals surface area contributed by atoms with Gasteiger partial charge in [0.25, 0.3) is 5.91 Å². The summed E-state index contributed by atoms with van der Waals surface area (Å²) in [4.78, 5) is 54.3. The summed E-state index contributed by atoms with van der Waals surface area (Å²) in [5.41, 5.74) is 21.8. The number of aliphatic hydroxyl groups is 1. The molecule has 0 unspecified atom stereocenters. The van der Waals surface area contributed by atoms with E-state index in [9.17, 15) is 24.3 Å². The van der Waals surface area contributed by atoms with Crippen molar-refractivity contribution in [2.75, 3.05) is 13.1 Å². The van der Waals surface area contributed by atoms with Crippen molar-refractivity contribution >= 4 is 29.6 Å². The maximum atomic E-state index is 13.2. The first-order valence-corrected chi connectivity index (χ1v) is 11.8. The minimum atomic E-state index is -1.33. The number of hydrogen-bond donors (Lipinski definition) is 8. The van der Waals surface area contributed by atoms with Gasteiger partial charge in [-0.15, -0.1) is 0 Å². The molecule has 12 N–H and O–H groups in total. The number of nitrogens with zero attached hydrogens (tertiary/aromatic N) is 1. The lowest BCUT2D eigenvalue weighted by Gasteiger charge is -2.25. The van der Waals surface area contributed by atoms with Gasteiger partial charge in [-0.1, -0.05) is 18.2 Å². The fraction of sp³-hybridized carbons (Fsp3) is 0.522. The van der Waals surface area contributed by atoms with Crippen LogP contribution in [0.4, 0.5) is 0 Å². The zero-order valence-corrected chi connectivity index (χ0v) is 20.5. The third-order valence-electron chi connectivity index (χ3n) is 5.27. The highest BCUT2D eigenvalue weighted by Gasteiger charge is 2.30. The largest absolute Gasteiger partial charge is 0.391 e. The molecular formula is C23H38N8O5. The highest BCUT2D eigenvalue weighted by molar-refractivity contribution is 5.98. The molecule has 0 fully saturated rings. The normalized spacial score (nSPS) is 14.0. The number of hydrogen-bond acceptors (Lipinski definition) is 7. The molecular weight excluding hydrogens is 468 g/mol.